The molecular formula is C8H11ClN2S. The fourth-order valence-electron chi connectivity index (χ4n) is 0.678. The molecule has 12 heavy (non-hydrogen) atoms. The van der Waals surface area contributed by atoms with Gasteiger partial charge in [0.05, 0.1) is 0 Å². The Morgan fingerprint density at radius 3 is 3.00 bits per heavy atom. The van der Waals surface area contributed by atoms with Crippen LogP contribution in [-0.4, -0.2) is 11.5 Å². The van der Waals surface area contributed by atoms with E-state index in [1.54, 1.807) is 0 Å². The molecule has 0 saturated heterocycles. The largest absolute Gasteiger partial charge is 0.358 e. The van der Waals surface area contributed by atoms with Crippen molar-refractivity contribution in [1.29, 1.82) is 0 Å². The van der Waals surface area contributed by atoms with Crippen LogP contribution < -0.4 is 5.32 Å². The molecule has 0 aliphatic carbocycles. The summed E-state index contributed by atoms with van der Waals surface area (Å²) in [6.45, 7) is 4.94. The second-order valence-electron chi connectivity index (χ2n) is 2.64. The van der Waals surface area contributed by atoms with Gasteiger partial charge < -0.3 is 5.32 Å². The molecule has 0 spiro atoms. The van der Waals surface area contributed by atoms with Crippen LogP contribution in [0, 0.1) is 0 Å². The lowest BCUT2D eigenvalue weighted by Crippen LogP contribution is -1.97. The summed E-state index contributed by atoms with van der Waals surface area (Å²) >= 11 is 7.16. The number of hydrogen-bond acceptors (Lipinski definition) is 3. The number of aromatic nitrogens is 1. The van der Waals surface area contributed by atoms with Crippen LogP contribution in [0.15, 0.2) is 17.0 Å². The Bertz CT molecular complexity index is 276. The molecule has 0 radical (unpaired) electrons. The third kappa shape index (κ3) is 3.24. The third-order valence-electron chi connectivity index (χ3n) is 1.24. The van der Waals surface area contributed by atoms with Crippen molar-refractivity contribution in [3.63, 3.8) is 0 Å². The van der Waals surface area contributed by atoms with Crippen LogP contribution in [0.5, 0.6) is 0 Å². The predicted molar refractivity (Wildman–Crippen MR) is 55.0 cm³/mol. The van der Waals surface area contributed by atoms with Crippen LogP contribution in [0.2, 0.25) is 5.15 Å². The molecule has 0 aliphatic rings. The highest BCUT2D eigenvalue weighted by Gasteiger charge is 1.95. The molecule has 0 aromatic carbocycles. The van der Waals surface area contributed by atoms with E-state index in [9.17, 15) is 0 Å². The second-order valence-corrected chi connectivity index (χ2v) is 3.88. The maximum atomic E-state index is 5.65. The fourth-order valence-corrected chi connectivity index (χ4v) is 1.53. The van der Waals surface area contributed by atoms with Crippen molar-refractivity contribution in [1.82, 2.24) is 4.98 Å². The molecule has 1 heterocycles. The van der Waals surface area contributed by atoms with Gasteiger partial charge in [-0.25, -0.2) is 4.98 Å². The Labute approximate surface area is 81.3 Å². The number of rotatable bonds is 3. The van der Waals surface area contributed by atoms with Crippen molar-refractivity contribution in [2.45, 2.75) is 13.8 Å². The Morgan fingerprint density at radius 2 is 2.50 bits per heavy atom. The summed E-state index contributed by atoms with van der Waals surface area (Å²) in [7, 11) is 0. The van der Waals surface area contributed by atoms with E-state index in [0.29, 0.717) is 5.15 Å². The third-order valence-corrected chi connectivity index (χ3v) is 2.36. The van der Waals surface area contributed by atoms with Crippen molar-refractivity contribution in [3.8, 4) is 0 Å². The molecular weight excluding hydrogens is 192 g/mol. The topological polar surface area (TPSA) is 24.9 Å². The number of anilines is 1. The van der Waals surface area contributed by atoms with Crippen molar-refractivity contribution in [3.05, 3.63) is 22.2 Å². The van der Waals surface area contributed by atoms with E-state index in [2.05, 4.69) is 30.2 Å². The first kappa shape index (κ1) is 9.55. The number of nitrogens with zero attached hydrogens (tertiary/aromatic N) is 1. The average molecular weight is 203 g/mol. The van der Waals surface area contributed by atoms with Gasteiger partial charge in [-0.2, -0.15) is 0 Å². The van der Waals surface area contributed by atoms with Crippen LogP contribution in [-0.2, 0) is 0 Å². The van der Waals surface area contributed by atoms with E-state index in [1.807, 2.05) is 5.38 Å². The molecule has 0 amide bonds. The molecule has 1 rings (SSSR count). The minimum Gasteiger partial charge on any atom is -0.358 e. The molecule has 0 saturated carbocycles. The molecule has 66 valence electrons. The zero-order valence-electron chi connectivity index (χ0n) is 7.10. The Balaban J connectivity index is 2.38. The van der Waals surface area contributed by atoms with Gasteiger partial charge in [-0.05, 0) is 13.8 Å². The van der Waals surface area contributed by atoms with Gasteiger partial charge >= 0.3 is 0 Å². The van der Waals surface area contributed by atoms with Gasteiger partial charge in [-0.3, -0.25) is 0 Å². The first-order valence-electron chi connectivity index (χ1n) is 3.67. The van der Waals surface area contributed by atoms with E-state index < -0.39 is 0 Å². The average Bonchev–Trinajstić information content (AvgIpc) is 2.35. The van der Waals surface area contributed by atoms with Crippen molar-refractivity contribution in [2.24, 2.45) is 0 Å². The molecule has 4 heteroatoms. The molecule has 0 fully saturated rings. The molecule has 2 nitrogen and oxygen atoms in total. The van der Waals surface area contributed by atoms with Gasteiger partial charge in [0.25, 0.3) is 0 Å². The summed E-state index contributed by atoms with van der Waals surface area (Å²) in [5.41, 5.74) is 1.30. The number of nitrogens with one attached hydrogen (secondary N) is 1. The summed E-state index contributed by atoms with van der Waals surface area (Å²) in [6.07, 6.45) is 2.11. The van der Waals surface area contributed by atoms with E-state index in [0.717, 1.165) is 11.7 Å². The lowest BCUT2D eigenvalue weighted by atomic mass is 10.3. The lowest BCUT2D eigenvalue weighted by Gasteiger charge is -1.96. The Kier molecular flexibility index (Phi) is 3.56. The SMILES string of the molecule is CC(C)=CCNc1nc(Cl)cs1. The zero-order chi connectivity index (χ0) is 8.97. The van der Waals surface area contributed by atoms with Gasteiger partial charge in [0.1, 0.15) is 5.15 Å². The summed E-state index contributed by atoms with van der Waals surface area (Å²) in [5.74, 6) is 0. The van der Waals surface area contributed by atoms with Gasteiger partial charge in [-0.15, -0.1) is 11.3 Å². The zero-order valence-corrected chi connectivity index (χ0v) is 8.67. The Morgan fingerprint density at radius 1 is 1.75 bits per heavy atom. The summed E-state index contributed by atoms with van der Waals surface area (Å²) in [6, 6.07) is 0. The van der Waals surface area contributed by atoms with E-state index in [4.69, 9.17) is 11.6 Å². The molecule has 1 aromatic rings. The standard InChI is InChI=1S/C8H11ClN2S/c1-6(2)3-4-10-8-11-7(9)5-12-8/h3,5H,4H2,1-2H3,(H,10,11). The molecule has 1 aromatic heterocycles. The number of thiazole rings is 1. The van der Waals surface area contributed by atoms with Crippen LogP contribution >= 0.6 is 22.9 Å². The highest BCUT2D eigenvalue weighted by molar-refractivity contribution is 7.14. The second kappa shape index (κ2) is 4.48. The lowest BCUT2D eigenvalue weighted by molar-refractivity contribution is 1.24. The van der Waals surface area contributed by atoms with E-state index in [-0.39, 0.29) is 0 Å². The van der Waals surface area contributed by atoms with Crippen LogP contribution in [0.3, 0.4) is 0 Å². The highest BCUT2D eigenvalue weighted by Crippen LogP contribution is 2.18. The monoisotopic (exact) mass is 202 g/mol. The van der Waals surface area contributed by atoms with Crippen LogP contribution in [0.4, 0.5) is 5.13 Å². The number of allylic oxidation sites excluding steroid dienone is 1. The predicted octanol–water partition coefficient (Wildman–Crippen LogP) is 3.17. The van der Waals surface area contributed by atoms with Gasteiger partial charge in [-0.1, -0.05) is 23.3 Å². The summed E-state index contributed by atoms with van der Waals surface area (Å²) in [4.78, 5) is 4.05. The molecule has 1 N–H and O–H groups in total. The fraction of sp³-hybridized carbons (Fsp3) is 0.375. The van der Waals surface area contributed by atoms with Crippen LogP contribution in [0.1, 0.15) is 13.8 Å². The first-order valence-corrected chi connectivity index (χ1v) is 4.92. The smallest absolute Gasteiger partial charge is 0.184 e. The molecule has 0 unspecified atom stereocenters. The van der Waals surface area contributed by atoms with Crippen molar-refractivity contribution < 1.29 is 0 Å². The maximum Gasteiger partial charge on any atom is 0.184 e. The minimum atomic E-state index is 0.555. The summed E-state index contributed by atoms with van der Waals surface area (Å²) in [5, 5.41) is 6.38. The van der Waals surface area contributed by atoms with E-state index >= 15 is 0 Å². The van der Waals surface area contributed by atoms with Crippen molar-refractivity contribution in [2.75, 3.05) is 11.9 Å². The number of hydrogen-bond donors (Lipinski definition) is 1. The minimum absolute atomic E-state index is 0.555. The molecule has 0 bridgehead atoms. The van der Waals surface area contributed by atoms with Gasteiger partial charge in [0.2, 0.25) is 0 Å². The first-order chi connectivity index (χ1) is 5.68. The Hall–Kier alpha value is -0.540. The molecule has 0 aliphatic heterocycles. The van der Waals surface area contributed by atoms with Crippen LogP contribution in [0.25, 0.3) is 0 Å². The highest BCUT2D eigenvalue weighted by atomic mass is 35.5. The normalized spacial score (nSPS) is 9.58. The van der Waals surface area contributed by atoms with Gasteiger partial charge in [0.15, 0.2) is 5.13 Å². The quantitative estimate of drug-likeness (QED) is 0.762. The summed E-state index contributed by atoms with van der Waals surface area (Å²) < 4.78 is 0. The van der Waals surface area contributed by atoms with E-state index in [1.165, 1.54) is 16.9 Å². The van der Waals surface area contributed by atoms with Crippen molar-refractivity contribution >= 4 is 28.1 Å². The number of halogens is 1. The van der Waals surface area contributed by atoms with Gasteiger partial charge in [0, 0.05) is 11.9 Å². The molecule has 0 atom stereocenters. The maximum absolute atomic E-state index is 5.65.